The first-order valence-corrected chi connectivity index (χ1v) is 9.97. The standard InChI is InChI=1S/C18H19ClN2O5S/c1-2-16(21-27(25,26)15-9-5-13(19)6-10-15)18(24)20-14-7-3-12(4-8-14)11-17(22)23/h3-10,16,21H,2,11H2,1H3,(H,20,24)(H,22,23)/t16-/m0/s1. The fourth-order valence-corrected chi connectivity index (χ4v) is 3.71. The Bertz CT molecular complexity index is 912. The van der Waals surface area contributed by atoms with Gasteiger partial charge in [-0.3, -0.25) is 9.59 Å². The molecule has 0 bridgehead atoms. The Kier molecular flexibility index (Phi) is 6.95. The highest BCUT2D eigenvalue weighted by atomic mass is 35.5. The van der Waals surface area contributed by atoms with Crippen molar-refractivity contribution in [1.29, 1.82) is 0 Å². The molecule has 0 radical (unpaired) electrons. The molecule has 0 spiro atoms. The number of hydrogen-bond donors (Lipinski definition) is 3. The van der Waals surface area contributed by atoms with Crippen molar-refractivity contribution in [3.63, 3.8) is 0 Å². The molecule has 0 aromatic heterocycles. The first-order chi connectivity index (χ1) is 12.7. The molecule has 1 amide bonds. The second-order valence-electron chi connectivity index (χ2n) is 5.79. The third-order valence-electron chi connectivity index (χ3n) is 3.72. The van der Waals surface area contributed by atoms with Crippen molar-refractivity contribution in [3.05, 3.63) is 59.1 Å². The van der Waals surface area contributed by atoms with E-state index >= 15 is 0 Å². The minimum absolute atomic E-state index is 0.0103. The molecule has 0 saturated heterocycles. The Hall–Kier alpha value is -2.42. The van der Waals surface area contributed by atoms with Crippen molar-refractivity contribution in [3.8, 4) is 0 Å². The van der Waals surface area contributed by atoms with E-state index in [2.05, 4.69) is 10.0 Å². The molecular weight excluding hydrogens is 392 g/mol. The van der Waals surface area contributed by atoms with Crippen LogP contribution in [0.1, 0.15) is 18.9 Å². The van der Waals surface area contributed by atoms with Crippen LogP contribution in [-0.2, 0) is 26.0 Å². The molecule has 7 nitrogen and oxygen atoms in total. The van der Waals surface area contributed by atoms with Gasteiger partial charge < -0.3 is 10.4 Å². The van der Waals surface area contributed by atoms with Gasteiger partial charge in [-0.05, 0) is 48.4 Å². The summed E-state index contributed by atoms with van der Waals surface area (Å²) >= 11 is 5.76. The van der Waals surface area contributed by atoms with Gasteiger partial charge in [-0.1, -0.05) is 30.7 Å². The number of rotatable bonds is 8. The van der Waals surface area contributed by atoms with Gasteiger partial charge in [0.05, 0.1) is 11.3 Å². The molecule has 0 heterocycles. The van der Waals surface area contributed by atoms with Crippen LogP contribution in [0.15, 0.2) is 53.4 Å². The summed E-state index contributed by atoms with van der Waals surface area (Å²) in [5.74, 6) is -1.46. The lowest BCUT2D eigenvalue weighted by Gasteiger charge is -2.17. The number of aliphatic carboxylic acids is 1. The van der Waals surface area contributed by atoms with Crippen molar-refractivity contribution in [2.45, 2.75) is 30.7 Å². The SMILES string of the molecule is CC[C@H](NS(=O)(=O)c1ccc(Cl)cc1)C(=O)Nc1ccc(CC(=O)O)cc1. The van der Waals surface area contributed by atoms with E-state index in [-0.39, 0.29) is 17.7 Å². The molecule has 2 aromatic carbocycles. The van der Waals surface area contributed by atoms with E-state index in [9.17, 15) is 18.0 Å². The van der Waals surface area contributed by atoms with Crippen molar-refractivity contribution in [1.82, 2.24) is 4.72 Å². The molecule has 9 heteroatoms. The Morgan fingerprint density at radius 3 is 2.19 bits per heavy atom. The summed E-state index contributed by atoms with van der Waals surface area (Å²) in [7, 11) is -3.88. The van der Waals surface area contributed by atoms with Gasteiger partial charge in [0, 0.05) is 10.7 Å². The molecule has 1 atom stereocenters. The quantitative estimate of drug-likeness (QED) is 0.619. The van der Waals surface area contributed by atoms with Crippen molar-refractivity contribution in [2.24, 2.45) is 0 Å². The molecule has 0 fully saturated rings. The number of halogens is 1. The Balaban J connectivity index is 2.06. The van der Waals surface area contributed by atoms with E-state index in [1.165, 1.54) is 24.3 Å². The summed E-state index contributed by atoms with van der Waals surface area (Å²) in [6.45, 7) is 1.69. The van der Waals surface area contributed by atoms with Crippen LogP contribution in [0.2, 0.25) is 5.02 Å². The van der Waals surface area contributed by atoms with Crippen LogP contribution < -0.4 is 10.0 Å². The monoisotopic (exact) mass is 410 g/mol. The predicted octanol–water partition coefficient (Wildman–Crippen LogP) is 2.66. The zero-order valence-corrected chi connectivity index (χ0v) is 16.0. The van der Waals surface area contributed by atoms with E-state index in [0.29, 0.717) is 16.3 Å². The van der Waals surface area contributed by atoms with E-state index in [4.69, 9.17) is 16.7 Å². The molecular formula is C18H19ClN2O5S. The largest absolute Gasteiger partial charge is 0.481 e. The topological polar surface area (TPSA) is 113 Å². The first kappa shape index (κ1) is 20.9. The van der Waals surface area contributed by atoms with Crippen molar-refractivity contribution < 1.29 is 23.1 Å². The Morgan fingerprint density at radius 1 is 1.07 bits per heavy atom. The highest BCUT2D eigenvalue weighted by molar-refractivity contribution is 7.89. The second-order valence-corrected chi connectivity index (χ2v) is 7.94. The van der Waals surface area contributed by atoms with Gasteiger partial charge in [-0.2, -0.15) is 4.72 Å². The van der Waals surface area contributed by atoms with Crippen LogP contribution in [0.4, 0.5) is 5.69 Å². The van der Waals surface area contributed by atoms with E-state index in [1.807, 2.05) is 0 Å². The fraction of sp³-hybridized carbons (Fsp3) is 0.222. The van der Waals surface area contributed by atoms with E-state index in [1.54, 1.807) is 31.2 Å². The van der Waals surface area contributed by atoms with E-state index < -0.39 is 27.9 Å². The lowest BCUT2D eigenvalue weighted by molar-refractivity contribution is -0.136. The summed E-state index contributed by atoms with van der Waals surface area (Å²) in [4.78, 5) is 23.1. The maximum absolute atomic E-state index is 12.4. The lowest BCUT2D eigenvalue weighted by Crippen LogP contribution is -2.43. The van der Waals surface area contributed by atoms with Crippen molar-refractivity contribution in [2.75, 3.05) is 5.32 Å². The van der Waals surface area contributed by atoms with Gasteiger partial charge in [0.2, 0.25) is 15.9 Å². The highest BCUT2D eigenvalue weighted by Crippen LogP contribution is 2.16. The smallest absolute Gasteiger partial charge is 0.307 e. The molecule has 2 rings (SSSR count). The van der Waals surface area contributed by atoms with Crippen LogP contribution in [0, 0.1) is 0 Å². The molecule has 0 unspecified atom stereocenters. The lowest BCUT2D eigenvalue weighted by atomic mass is 10.1. The fourth-order valence-electron chi connectivity index (χ4n) is 2.30. The maximum atomic E-state index is 12.4. The first-order valence-electron chi connectivity index (χ1n) is 8.10. The minimum atomic E-state index is -3.88. The molecule has 144 valence electrons. The number of carbonyl (C=O) groups is 2. The predicted molar refractivity (Wildman–Crippen MR) is 102 cm³/mol. The number of hydrogen-bond acceptors (Lipinski definition) is 4. The van der Waals surface area contributed by atoms with Gasteiger partial charge in [-0.25, -0.2) is 8.42 Å². The second kappa shape index (κ2) is 8.98. The maximum Gasteiger partial charge on any atom is 0.307 e. The highest BCUT2D eigenvalue weighted by Gasteiger charge is 2.24. The molecule has 27 heavy (non-hydrogen) atoms. The average molecular weight is 411 g/mol. The van der Waals surface area contributed by atoms with Gasteiger partial charge in [-0.15, -0.1) is 0 Å². The normalized spacial score (nSPS) is 12.4. The van der Waals surface area contributed by atoms with Crippen LogP contribution in [-0.4, -0.2) is 31.4 Å². The Morgan fingerprint density at radius 2 is 1.67 bits per heavy atom. The van der Waals surface area contributed by atoms with Gasteiger partial charge in [0.15, 0.2) is 0 Å². The van der Waals surface area contributed by atoms with Crippen LogP contribution in [0.5, 0.6) is 0 Å². The van der Waals surface area contributed by atoms with Gasteiger partial charge >= 0.3 is 5.97 Å². The summed E-state index contributed by atoms with van der Waals surface area (Å²) < 4.78 is 27.2. The number of carboxylic acid groups (broad SMARTS) is 1. The molecule has 0 aliphatic heterocycles. The van der Waals surface area contributed by atoms with Crippen LogP contribution in [0.3, 0.4) is 0 Å². The third-order valence-corrected chi connectivity index (χ3v) is 5.46. The number of carbonyl (C=O) groups excluding carboxylic acids is 1. The van der Waals surface area contributed by atoms with E-state index in [0.717, 1.165) is 0 Å². The summed E-state index contributed by atoms with van der Waals surface area (Å²) in [6, 6.07) is 11.0. The number of sulfonamides is 1. The summed E-state index contributed by atoms with van der Waals surface area (Å²) in [6.07, 6.45) is 0.127. The molecule has 0 aliphatic rings. The number of carboxylic acids is 1. The number of amides is 1. The third kappa shape index (κ3) is 6.06. The zero-order valence-electron chi connectivity index (χ0n) is 14.5. The average Bonchev–Trinajstić information content (AvgIpc) is 2.61. The van der Waals surface area contributed by atoms with Crippen LogP contribution in [0.25, 0.3) is 0 Å². The molecule has 3 N–H and O–H groups in total. The summed E-state index contributed by atoms with van der Waals surface area (Å²) in [5, 5.41) is 11.8. The molecule has 0 saturated carbocycles. The van der Waals surface area contributed by atoms with Crippen LogP contribution >= 0.6 is 11.6 Å². The number of benzene rings is 2. The van der Waals surface area contributed by atoms with Crippen molar-refractivity contribution >= 4 is 39.2 Å². The molecule has 2 aromatic rings. The minimum Gasteiger partial charge on any atom is -0.481 e. The Labute approximate surface area is 162 Å². The van der Waals surface area contributed by atoms with Gasteiger partial charge in [0.25, 0.3) is 0 Å². The summed E-state index contributed by atoms with van der Waals surface area (Å²) in [5.41, 5.74) is 1.04. The zero-order chi connectivity index (χ0) is 20.0. The molecule has 0 aliphatic carbocycles. The van der Waals surface area contributed by atoms with Gasteiger partial charge in [0.1, 0.15) is 6.04 Å². The number of anilines is 1. The number of nitrogens with one attached hydrogen (secondary N) is 2.